The molecule has 3 aromatic rings. The van der Waals surface area contributed by atoms with Gasteiger partial charge in [0, 0.05) is 12.6 Å². The maximum absolute atomic E-state index is 13.1. The van der Waals surface area contributed by atoms with Crippen LogP contribution in [0.1, 0.15) is 46.4 Å². The van der Waals surface area contributed by atoms with E-state index < -0.39 is 10.0 Å². The average molecular weight is 437 g/mol. The summed E-state index contributed by atoms with van der Waals surface area (Å²) in [5.74, 6) is -0.303. The highest BCUT2D eigenvalue weighted by Crippen LogP contribution is 2.24. The predicted octanol–water partition coefficient (Wildman–Crippen LogP) is 5.01. The summed E-state index contributed by atoms with van der Waals surface area (Å²) in [6, 6.07) is 21.3. The molecular weight excluding hydrogens is 408 g/mol. The van der Waals surface area contributed by atoms with Gasteiger partial charge in [-0.15, -0.1) is 0 Å². The molecule has 31 heavy (non-hydrogen) atoms. The number of nitrogens with zero attached hydrogens (tertiary/aromatic N) is 1. The minimum absolute atomic E-state index is 0.0764. The standard InChI is InChI=1S/C25H28N2O3S/c1-5-24(20-14-12-18(2)13-15-20)26-25(28)21-9-7-11-23(17-21)31(29,30)27(4)22-10-6-8-19(3)16-22/h6-17,24H,5H2,1-4H3,(H,26,28). The third kappa shape index (κ3) is 5.14. The number of hydrogen-bond donors (Lipinski definition) is 1. The second-order valence-electron chi connectivity index (χ2n) is 7.68. The molecule has 1 amide bonds. The molecule has 0 aliphatic carbocycles. The number of amides is 1. The van der Waals surface area contributed by atoms with Gasteiger partial charge in [0.25, 0.3) is 15.9 Å². The topological polar surface area (TPSA) is 66.5 Å². The van der Waals surface area contributed by atoms with Crippen LogP contribution in [0.25, 0.3) is 0 Å². The fourth-order valence-corrected chi connectivity index (χ4v) is 4.61. The van der Waals surface area contributed by atoms with Crippen molar-refractivity contribution in [1.82, 2.24) is 5.32 Å². The van der Waals surface area contributed by atoms with Crippen LogP contribution < -0.4 is 9.62 Å². The zero-order chi connectivity index (χ0) is 22.6. The van der Waals surface area contributed by atoms with E-state index in [1.54, 1.807) is 18.2 Å². The summed E-state index contributed by atoms with van der Waals surface area (Å²) in [6.45, 7) is 5.93. The maximum Gasteiger partial charge on any atom is 0.264 e. The molecule has 0 aromatic heterocycles. The summed E-state index contributed by atoms with van der Waals surface area (Å²) in [5, 5.41) is 3.02. The van der Waals surface area contributed by atoms with Gasteiger partial charge in [0.05, 0.1) is 16.6 Å². The molecule has 1 unspecified atom stereocenters. The van der Waals surface area contributed by atoms with E-state index in [9.17, 15) is 13.2 Å². The Hall–Kier alpha value is -3.12. The molecule has 6 heteroatoms. The van der Waals surface area contributed by atoms with E-state index in [2.05, 4.69) is 5.32 Å². The van der Waals surface area contributed by atoms with Crippen LogP contribution in [0.15, 0.2) is 77.7 Å². The molecule has 0 radical (unpaired) electrons. The summed E-state index contributed by atoms with van der Waals surface area (Å²) in [6.07, 6.45) is 0.725. The van der Waals surface area contributed by atoms with Crippen molar-refractivity contribution in [2.24, 2.45) is 0 Å². The van der Waals surface area contributed by atoms with Crippen LogP contribution in [-0.2, 0) is 10.0 Å². The van der Waals surface area contributed by atoms with E-state index in [-0.39, 0.29) is 16.8 Å². The lowest BCUT2D eigenvalue weighted by molar-refractivity contribution is 0.0935. The van der Waals surface area contributed by atoms with Crippen molar-refractivity contribution in [3.05, 3.63) is 95.1 Å². The van der Waals surface area contributed by atoms with Gasteiger partial charge < -0.3 is 5.32 Å². The Labute approximate surface area is 184 Å². The first-order chi connectivity index (χ1) is 14.7. The summed E-state index contributed by atoms with van der Waals surface area (Å²) < 4.78 is 27.5. The first-order valence-corrected chi connectivity index (χ1v) is 11.7. The van der Waals surface area contributed by atoms with Crippen LogP contribution >= 0.6 is 0 Å². The maximum atomic E-state index is 13.1. The Bertz CT molecular complexity index is 1170. The molecule has 0 spiro atoms. The summed E-state index contributed by atoms with van der Waals surface area (Å²) >= 11 is 0. The molecule has 3 aromatic carbocycles. The van der Waals surface area contributed by atoms with Crippen molar-refractivity contribution in [2.45, 2.75) is 38.1 Å². The molecule has 0 heterocycles. The summed E-state index contributed by atoms with van der Waals surface area (Å²) in [7, 11) is -2.29. The molecule has 162 valence electrons. The molecular formula is C25H28N2O3S. The number of aryl methyl sites for hydroxylation is 2. The summed E-state index contributed by atoms with van der Waals surface area (Å²) in [4.78, 5) is 13.0. The molecule has 5 nitrogen and oxygen atoms in total. The Morgan fingerprint density at radius 2 is 1.61 bits per heavy atom. The molecule has 0 saturated heterocycles. The van der Waals surface area contributed by atoms with E-state index in [1.165, 1.54) is 23.5 Å². The Balaban J connectivity index is 1.84. The third-order valence-electron chi connectivity index (χ3n) is 5.31. The fourth-order valence-electron chi connectivity index (χ4n) is 3.38. The SMILES string of the molecule is CCC(NC(=O)c1cccc(S(=O)(=O)N(C)c2cccc(C)c2)c1)c1ccc(C)cc1. The smallest absolute Gasteiger partial charge is 0.264 e. The summed E-state index contributed by atoms with van der Waals surface area (Å²) in [5.41, 5.74) is 4.02. The van der Waals surface area contributed by atoms with E-state index in [1.807, 2.05) is 63.2 Å². The van der Waals surface area contributed by atoms with Crippen molar-refractivity contribution < 1.29 is 13.2 Å². The number of hydrogen-bond acceptors (Lipinski definition) is 3. The van der Waals surface area contributed by atoms with Gasteiger partial charge in [-0.2, -0.15) is 0 Å². The van der Waals surface area contributed by atoms with Crippen LogP contribution in [0.5, 0.6) is 0 Å². The number of carbonyl (C=O) groups excluding carboxylic acids is 1. The zero-order valence-electron chi connectivity index (χ0n) is 18.3. The van der Waals surface area contributed by atoms with E-state index >= 15 is 0 Å². The van der Waals surface area contributed by atoms with Crippen molar-refractivity contribution in [3.8, 4) is 0 Å². The highest BCUT2D eigenvalue weighted by molar-refractivity contribution is 7.92. The lowest BCUT2D eigenvalue weighted by Crippen LogP contribution is -2.29. The number of carbonyl (C=O) groups is 1. The molecule has 1 atom stereocenters. The van der Waals surface area contributed by atoms with E-state index in [4.69, 9.17) is 0 Å². The minimum atomic E-state index is -3.80. The van der Waals surface area contributed by atoms with Crippen LogP contribution in [0.4, 0.5) is 5.69 Å². The number of rotatable bonds is 7. The van der Waals surface area contributed by atoms with Gasteiger partial charge in [0.15, 0.2) is 0 Å². The van der Waals surface area contributed by atoms with Crippen molar-refractivity contribution in [2.75, 3.05) is 11.4 Å². The first-order valence-electron chi connectivity index (χ1n) is 10.3. The molecule has 1 N–H and O–H groups in total. The van der Waals surface area contributed by atoms with E-state index in [0.717, 1.165) is 23.1 Å². The first kappa shape index (κ1) is 22.6. The second kappa shape index (κ2) is 9.35. The predicted molar refractivity (Wildman–Crippen MR) is 125 cm³/mol. The molecule has 0 aliphatic heterocycles. The third-order valence-corrected chi connectivity index (χ3v) is 7.09. The fraction of sp³-hybridized carbons (Fsp3) is 0.240. The number of anilines is 1. The Kier molecular flexibility index (Phi) is 6.81. The quantitative estimate of drug-likeness (QED) is 0.566. The molecule has 0 fully saturated rings. The molecule has 0 aliphatic rings. The van der Waals surface area contributed by atoms with E-state index in [0.29, 0.717) is 11.3 Å². The van der Waals surface area contributed by atoms with Crippen LogP contribution in [0.2, 0.25) is 0 Å². The molecule has 3 rings (SSSR count). The normalized spacial score (nSPS) is 12.3. The monoisotopic (exact) mass is 436 g/mol. The van der Waals surface area contributed by atoms with Crippen LogP contribution in [-0.4, -0.2) is 21.4 Å². The number of nitrogens with one attached hydrogen (secondary N) is 1. The van der Waals surface area contributed by atoms with Gasteiger partial charge in [-0.1, -0.05) is 55.0 Å². The lowest BCUT2D eigenvalue weighted by atomic mass is 10.0. The zero-order valence-corrected chi connectivity index (χ0v) is 19.1. The van der Waals surface area contributed by atoms with Crippen molar-refractivity contribution in [1.29, 1.82) is 0 Å². The van der Waals surface area contributed by atoms with Gasteiger partial charge in [0.1, 0.15) is 0 Å². The lowest BCUT2D eigenvalue weighted by Gasteiger charge is -2.21. The highest BCUT2D eigenvalue weighted by Gasteiger charge is 2.23. The largest absolute Gasteiger partial charge is 0.345 e. The van der Waals surface area contributed by atoms with Crippen molar-refractivity contribution in [3.63, 3.8) is 0 Å². The Morgan fingerprint density at radius 3 is 2.26 bits per heavy atom. The van der Waals surface area contributed by atoms with Gasteiger partial charge in [-0.05, 0) is 61.7 Å². The molecule has 0 bridgehead atoms. The average Bonchev–Trinajstić information content (AvgIpc) is 2.77. The van der Waals surface area contributed by atoms with Gasteiger partial charge in [0.2, 0.25) is 0 Å². The van der Waals surface area contributed by atoms with Gasteiger partial charge in [-0.3, -0.25) is 9.10 Å². The number of sulfonamides is 1. The highest BCUT2D eigenvalue weighted by atomic mass is 32.2. The molecule has 0 saturated carbocycles. The van der Waals surface area contributed by atoms with Gasteiger partial charge in [-0.25, -0.2) is 8.42 Å². The Morgan fingerprint density at radius 1 is 0.935 bits per heavy atom. The number of benzene rings is 3. The van der Waals surface area contributed by atoms with Gasteiger partial charge >= 0.3 is 0 Å². The minimum Gasteiger partial charge on any atom is -0.345 e. The van der Waals surface area contributed by atoms with Crippen LogP contribution in [0, 0.1) is 13.8 Å². The van der Waals surface area contributed by atoms with Crippen LogP contribution in [0.3, 0.4) is 0 Å². The van der Waals surface area contributed by atoms with Crippen molar-refractivity contribution >= 4 is 21.6 Å². The second-order valence-corrected chi connectivity index (χ2v) is 9.65.